The molecule has 1 saturated carbocycles. The van der Waals surface area contributed by atoms with Gasteiger partial charge >= 0.3 is 57.5 Å². The third-order valence-electron chi connectivity index (χ3n) is 13.6. The van der Waals surface area contributed by atoms with Crippen molar-refractivity contribution in [3.8, 4) is 0 Å². The summed E-state index contributed by atoms with van der Waals surface area (Å²) in [5.41, 5.74) is 3.80. The predicted octanol–water partition coefficient (Wildman–Crippen LogP) is 5.25. The molecule has 0 radical (unpaired) electrons. The Morgan fingerprint density at radius 1 is 0.785 bits per heavy atom. The number of nitrogens with one attached hydrogen (secondary N) is 2. The summed E-state index contributed by atoms with van der Waals surface area (Å²) in [4.78, 5) is 26.4. The molecular formula is C49H65KN4O9S2. The molecule has 0 bridgehead atoms. The number of alkyl carbamates (subject to hydrolysis) is 1. The number of amides is 2. The van der Waals surface area contributed by atoms with Crippen LogP contribution in [0.3, 0.4) is 0 Å². The minimum atomic E-state index is -4.66. The summed E-state index contributed by atoms with van der Waals surface area (Å²) in [5, 5.41) is 5.90. The van der Waals surface area contributed by atoms with E-state index in [-0.39, 0.29) is 73.2 Å². The summed E-state index contributed by atoms with van der Waals surface area (Å²) in [5.74, 6) is 1.96. The number of benzene rings is 2. The van der Waals surface area contributed by atoms with Crippen LogP contribution in [-0.4, -0.2) is 81.5 Å². The molecule has 2 N–H and O–H groups in total. The molecule has 1 fully saturated rings. The molecular weight excluding hydrogens is 892 g/mol. The van der Waals surface area contributed by atoms with Gasteiger partial charge in [0.2, 0.25) is 11.6 Å². The molecule has 2 aliphatic heterocycles. The zero-order valence-electron chi connectivity index (χ0n) is 38.9. The molecule has 0 saturated heterocycles. The monoisotopic (exact) mass is 956 g/mol. The molecule has 2 aliphatic carbocycles. The van der Waals surface area contributed by atoms with Gasteiger partial charge in [0.25, 0.3) is 0 Å². The molecule has 16 heteroatoms. The Hall–Kier alpha value is -2.93. The van der Waals surface area contributed by atoms with Crippen LogP contribution < -0.4 is 66.9 Å². The Balaban J connectivity index is 0.00000793. The average Bonchev–Trinajstić information content (AvgIpc) is 3.76. The second-order valence-corrected chi connectivity index (χ2v) is 21.4. The molecule has 0 spiro atoms. The van der Waals surface area contributed by atoms with E-state index in [0.717, 1.165) is 91.7 Å². The van der Waals surface area contributed by atoms with Gasteiger partial charge in [-0.2, -0.15) is 4.58 Å². The maximum absolute atomic E-state index is 12.6. The fourth-order valence-corrected chi connectivity index (χ4v) is 10.9. The van der Waals surface area contributed by atoms with Crippen LogP contribution in [0.1, 0.15) is 116 Å². The van der Waals surface area contributed by atoms with E-state index in [4.69, 9.17) is 4.74 Å². The van der Waals surface area contributed by atoms with E-state index < -0.39 is 31.1 Å². The smallest absolute Gasteiger partial charge is 0.744 e. The molecule has 2 aromatic rings. The van der Waals surface area contributed by atoms with Gasteiger partial charge in [0.15, 0.2) is 5.71 Å². The van der Waals surface area contributed by atoms with Gasteiger partial charge in [0.1, 0.15) is 27.3 Å². The van der Waals surface area contributed by atoms with Gasteiger partial charge in [0.05, 0.1) is 21.8 Å². The molecule has 2 amide bonds. The van der Waals surface area contributed by atoms with Crippen LogP contribution in [0.5, 0.6) is 0 Å². The van der Waals surface area contributed by atoms with Gasteiger partial charge in [0, 0.05) is 60.6 Å². The van der Waals surface area contributed by atoms with Crippen LogP contribution in [0.4, 0.5) is 16.2 Å². The summed E-state index contributed by atoms with van der Waals surface area (Å²) in [6, 6.07) is 8.96. The number of nitrogens with zero attached hydrogens (tertiary/aromatic N) is 2. The Kier molecular flexibility index (Phi) is 18.7. The van der Waals surface area contributed by atoms with Gasteiger partial charge in [-0.15, -0.1) is 0 Å². The summed E-state index contributed by atoms with van der Waals surface area (Å²) < 4.78 is 78.7. The van der Waals surface area contributed by atoms with Gasteiger partial charge < -0.3 is 29.4 Å². The number of ether oxygens (including phenoxy) is 1. The second kappa shape index (κ2) is 22.9. The van der Waals surface area contributed by atoms with Crippen molar-refractivity contribution in [2.24, 2.45) is 17.8 Å². The van der Waals surface area contributed by atoms with Crippen molar-refractivity contribution in [3.05, 3.63) is 95.8 Å². The van der Waals surface area contributed by atoms with Crippen molar-refractivity contribution in [1.82, 2.24) is 10.6 Å². The van der Waals surface area contributed by atoms with E-state index in [1.54, 1.807) is 12.1 Å². The minimum absolute atomic E-state index is 0. The average molecular weight is 957 g/mol. The fraction of sp³-hybridized carbons (Fsp3) is 0.531. The number of rotatable bonds is 20. The molecule has 348 valence electrons. The summed E-state index contributed by atoms with van der Waals surface area (Å²) in [6.07, 6.45) is 24.9. The third-order valence-corrected chi connectivity index (χ3v) is 15.2. The number of unbranched alkanes of at least 4 members (excludes halogenated alkanes) is 5. The number of carbonyl (C=O) groups excluding carboxylic acids is 2. The summed E-state index contributed by atoms with van der Waals surface area (Å²) in [6.45, 7) is 10.3. The molecule has 2 heterocycles. The van der Waals surface area contributed by atoms with Crippen molar-refractivity contribution in [1.29, 1.82) is 0 Å². The Morgan fingerprint density at radius 2 is 1.38 bits per heavy atom. The van der Waals surface area contributed by atoms with E-state index in [1.165, 1.54) is 37.1 Å². The third kappa shape index (κ3) is 13.4. The van der Waals surface area contributed by atoms with Crippen molar-refractivity contribution in [2.45, 2.75) is 125 Å². The molecule has 3 atom stereocenters. The van der Waals surface area contributed by atoms with E-state index in [2.05, 4.69) is 27.7 Å². The van der Waals surface area contributed by atoms with Crippen LogP contribution >= 0.6 is 0 Å². The standard InChI is InChI=1S/C49H66N4O9S2.K/c1-48(2)40-32-35(63(56,57)58)25-27-42(40)52(5)44(48)22-14-10-15-23-45-49(3,4)41-33-36(64(59,60)61)26-28-43(41)53(45)31-19-11-16-24-46(54)50-29-17-8-9-18-30-51-47(55)62-34-39-37-20-12-6-7-13-21-38(37)39;/h6-7,10,14-15,22-23,25-28,32-33,37-39H,8-9,11-13,16-21,24,29-31,34H2,1-5H3,(H3-,50,51,54,55,56,57,58,59,60,61);/q;+1/p-1/b7-6+;/t37-,38+,39?;. The van der Waals surface area contributed by atoms with Crippen LogP contribution in [0.25, 0.3) is 0 Å². The first-order valence-electron chi connectivity index (χ1n) is 22.8. The molecule has 65 heavy (non-hydrogen) atoms. The molecule has 13 nitrogen and oxygen atoms in total. The zero-order valence-corrected chi connectivity index (χ0v) is 43.7. The first kappa shape index (κ1) is 53.0. The van der Waals surface area contributed by atoms with Crippen LogP contribution in [0.2, 0.25) is 0 Å². The molecule has 1 unspecified atom stereocenters. The Morgan fingerprint density at radius 3 is 2.03 bits per heavy atom. The normalized spacial score (nSPS) is 21.9. The van der Waals surface area contributed by atoms with Crippen LogP contribution in [0, 0.1) is 17.8 Å². The molecule has 2 aromatic carbocycles. The van der Waals surface area contributed by atoms with E-state index in [9.17, 15) is 35.5 Å². The van der Waals surface area contributed by atoms with Gasteiger partial charge in [-0.25, -0.2) is 21.6 Å². The van der Waals surface area contributed by atoms with Crippen molar-refractivity contribution in [2.75, 3.05) is 38.2 Å². The van der Waals surface area contributed by atoms with Gasteiger partial charge in [-0.3, -0.25) is 4.79 Å². The maximum Gasteiger partial charge on any atom is 1.00 e. The van der Waals surface area contributed by atoms with Crippen molar-refractivity contribution in [3.63, 3.8) is 0 Å². The molecule has 0 aromatic heterocycles. The zero-order chi connectivity index (χ0) is 46.3. The van der Waals surface area contributed by atoms with Crippen LogP contribution in [-0.2, 0) is 40.6 Å². The van der Waals surface area contributed by atoms with Gasteiger partial charge in [-0.05, 0) is 125 Å². The number of hydrogen-bond acceptors (Lipinski definition) is 10. The van der Waals surface area contributed by atoms with E-state index in [1.807, 2.05) is 69.7 Å². The van der Waals surface area contributed by atoms with Gasteiger partial charge in [-0.1, -0.05) is 63.5 Å². The second-order valence-electron chi connectivity index (χ2n) is 18.6. The number of anilines is 1. The predicted molar refractivity (Wildman–Crippen MR) is 247 cm³/mol. The SMILES string of the molecule is C[N+]1=C(/C=C/C=C/C=C2N(CCCCCC(=O)NCCCCCCNC(=O)OCC3[C@H]4CC/C=C/CC[C@@H]34)c3ccc(S(=O)(=O)[O-])cc3C2(C)C)C(C)(C)c2cc(S(=O)(=O)[O-])ccc21.[K+]. The Labute approximate surface area is 429 Å². The fourth-order valence-electron chi connectivity index (χ4n) is 9.89. The molecule has 4 aliphatic rings. The maximum atomic E-state index is 12.6. The van der Waals surface area contributed by atoms with Crippen molar-refractivity contribution < 1.29 is 96.2 Å². The first-order valence-corrected chi connectivity index (χ1v) is 25.6. The summed E-state index contributed by atoms with van der Waals surface area (Å²) in [7, 11) is -7.37. The minimum Gasteiger partial charge on any atom is -0.744 e. The van der Waals surface area contributed by atoms with Crippen molar-refractivity contribution >= 4 is 49.3 Å². The number of carbonyl (C=O) groups is 2. The number of fused-ring (bicyclic) bond motifs is 3. The number of allylic oxidation sites excluding steroid dienone is 8. The topological polar surface area (TPSA) is 188 Å². The quantitative estimate of drug-likeness (QED) is 0.0443. The number of hydrogen-bond donors (Lipinski definition) is 2. The largest absolute Gasteiger partial charge is 1.00 e. The van der Waals surface area contributed by atoms with E-state index >= 15 is 0 Å². The Bertz CT molecular complexity index is 2420. The van der Waals surface area contributed by atoms with E-state index in [0.29, 0.717) is 50.4 Å². The van der Waals surface area contributed by atoms with Crippen LogP contribution in [0.15, 0.2) is 94.4 Å². The summed E-state index contributed by atoms with van der Waals surface area (Å²) >= 11 is 0. The first-order chi connectivity index (χ1) is 30.3. The molecule has 6 rings (SSSR count).